The van der Waals surface area contributed by atoms with E-state index in [0.717, 1.165) is 12.8 Å². The van der Waals surface area contributed by atoms with Crippen molar-refractivity contribution in [1.82, 2.24) is 0 Å². The van der Waals surface area contributed by atoms with Gasteiger partial charge in [0.15, 0.2) is 11.5 Å². The molecule has 0 saturated heterocycles. The lowest BCUT2D eigenvalue weighted by Gasteiger charge is -2.20. The van der Waals surface area contributed by atoms with Gasteiger partial charge in [-0.3, -0.25) is 4.79 Å². The second-order valence-electron chi connectivity index (χ2n) is 6.72. The largest absolute Gasteiger partial charge is 0.505 e. The molecular weight excluding hydrogens is 334 g/mol. The number of amides is 1. The highest BCUT2D eigenvalue weighted by Crippen LogP contribution is 2.43. The van der Waals surface area contributed by atoms with Gasteiger partial charge in [0, 0.05) is 17.2 Å². The zero-order chi connectivity index (χ0) is 19.9. The van der Waals surface area contributed by atoms with Crippen molar-refractivity contribution in [3.63, 3.8) is 0 Å². The highest BCUT2D eigenvalue weighted by Gasteiger charge is 2.22. The highest BCUT2D eigenvalue weighted by atomic mass is 16.5. The molecule has 0 aliphatic carbocycles. The van der Waals surface area contributed by atoms with E-state index in [1.807, 2.05) is 13.8 Å². The normalized spacial score (nSPS) is 14.0. The number of aliphatic hydroxyl groups excluding tert-OH is 1. The highest BCUT2D eigenvalue weighted by molar-refractivity contribution is 6.04. The van der Waals surface area contributed by atoms with E-state index in [1.54, 1.807) is 19.9 Å². The molecular formula is C20H31NO5. The number of benzene rings is 1. The Bertz CT molecular complexity index is 654. The summed E-state index contributed by atoms with van der Waals surface area (Å²) in [5.74, 6) is -0.410. The number of aromatic hydroxyl groups is 2. The van der Waals surface area contributed by atoms with Crippen LogP contribution in [-0.2, 0) is 11.2 Å². The minimum Gasteiger partial charge on any atom is -0.505 e. The zero-order valence-corrected chi connectivity index (χ0v) is 16.3. The van der Waals surface area contributed by atoms with E-state index in [2.05, 4.69) is 5.32 Å². The Morgan fingerprint density at radius 3 is 2.58 bits per heavy atom. The number of aliphatic hydroxyl groups is 1. The van der Waals surface area contributed by atoms with Crippen molar-refractivity contribution in [2.45, 2.75) is 59.5 Å². The van der Waals surface area contributed by atoms with E-state index in [0.29, 0.717) is 24.0 Å². The van der Waals surface area contributed by atoms with E-state index in [9.17, 15) is 20.1 Å². The third-order valence-electron chi connectivity index (χ3n) is 4.42. The molecule has 6 nitrogen and oxygen atoms in total. The molecule has 0 aliphatic rings. The average Bonchev–Trinajstić information content (AvgIpc) is 2.58. The number of ether oxygens (including phenoxy) is 1. The van der Waals surface area contributed by atoms with Gasteiger partial charge in [-0.1, -0.05) is 26.3 Å². The van der Waals surface area contributed by atoms with Crippen LogP contribution >= 0.6 is 0 Å². The number of methoxy groups -OCH3 is 1. The van der Waals surface area contributed by atoms with Gasteiger partial charge in [0.25, 0.3) is 5.91 Å². The van der Waals surface area contributed by atoms with Crippen LogP contribution < -0.4 is 10.1 Å². The van der Waals surface area contributed by atoms with Crippen LogP contribution in [-0.4, -0.2) is 34.4 Å². The van der Waals surface area contributed by atoms with Crippen molar-refractivity contribution in [2.24, 2.45) is 5.92 Å². The number of nitrogens with one attached hydrogen (secondary N) is 1. The molecule has 0 fully saturated rings. The number of phenolic OH excluding ortho intramolecular Hbond substituents is 2. The number of carbonyl (C=O) groups excluding carboxylic acids is 1. The average molecular weight is 365 g/mol. The van der Waals surface area contributed by atoms with Gasteiger partial charge in [-0.15, -0.1) is 0 Å². The van der Waals surface area contributed by atoms with E-state index in [-0.39, 0.29) is 34.8 Å². The molecule has 0 radical (unpaired) electrons. The molecule has 0 bridgehead atoms. The van der Waals surface area contributed by atoms with Crippen molar-refractivity contribution in [1.29, 1.82) is 0 Å². The molecule has 0 spiro atoms. The Labute approximate surface area is 155 Å². The molecule has 1 rings (SSSR count). The molecule has 26 heavy (non-hydrogen) atoms. The summed E-state index contributed by atoms with van der Waals surface area (Å²) in [5.41, 5.74) is 1.04. The number of phenols is 2. The molecule has 0 saturated carbocycles. The summed E-state index contributed by atoms with van der Waals surface area (Å²) in [5, 5.41) is 33.5. The van der Waals surface area contributed by atoms with Gasteiger partial charge in [0.05, 0.1) is 18.9 Å². The smallest absolute Gasteiger partial charge is 0.251 e. The minimum absolute atomic E-state index is 0.0546. The van der Waals surface area contributed by atoms with Crippen molar-refractivity contribution >= 4 is 11.6 Å². The van der Waals surface area contributed by atoms with Crippen LogP contribution in [0.15, 0.2) is 17.7 Å². The Morgan fingerprint density at radius 1 is 1.38 bits per heavy atom. The minimum atomic E-state index is -0.406. The van der Waals surface area contributed by atoms with Crippen LogP contribution in [0.3, 0.4) is 0 Å². The van der Waals surface area contributed by atoms with Crippen LogP contribution in [0, 0.1) is 5.92 Å². The molecule has 4 N–H and O–H groups in total. The summed E-state index contributed by atoms with van der Waals surface area (Å²) in [6, 6.07) is 1.27. The van der Waals surface area contributed by atoms with Crippen molar-refractivity contribution in [3.05, 3.63) is 23.3 Å². The third-order valence-corrected chi connectivity index (χ3v) is 4.42. The molecule has 1 aromatic carbocycles. The lowest BCUT2D eigenvalue weighted by atomic mass is 9.92. The molecule has 0 heterocycles. The summed E-state index contributed by atoms with van der Waals surface area (Å²) in [6.45, 7) is 7.38. The summed E-state index contributed by atoms with van der Waals surface area (Å²) in [6.07, 6.45) is 3.85. The molecule has 0 aliphatic heterocycles. The lowest BCUT2D eigenvalue weighted by Crippen LogP contribution is -2.15. The maximum Gasteiger partial charge on any atom is 0.251 e. The second-order valence-corrected chi connectivity index (χ2v) is 6.72. The number of rotatable bonds is 9. The maximum atomic E-state index is 12.1. The first kappa shape index (κ1) is 21.8. The van der Waals surface area contributed by atoms with Crippen molar-refractivity contribution < 1.29 is 24.9 Å². The SMILES string of the molecule is C/C=C(\C)C(=O)Nc1cc(O)c(OC)c(C[C@@H](C)C[C@H](O)CCC)c1O. The van der Waals surface area contributed by atoms with Gasteiger partial charge >= 0.3 is 0 Å². The van der Waals surface area contributed by atoms with Crippen LogP contribution in [0.2, 0.25) is 0 Å². The van der Waals surface area contributed by atoms with E-state index in [1.165, 1.54) is 13.2 Å². The number of carbonyl (C=O) groups is 1. The van der Waals surface area contributed by atoms with Gasteiger partial charge < -0.3 is 25.4 Å². The van der Waals surface area contributed by atoms with Gasteiger partial charge in [-0.05, 0) is 39.0 Å². The van der Waals surface area contributed by atoms with Crippen LogP contribution in [0.25, 0.3) is 0 Å². The Balaban J connectivity index is 3.14. The number of hydrogen-bond acceptors (Lipinski definition) is 5. The zero-order valence-electron chi connectivity index (χ0n) is 16.3. The van der Waals surface area contributed by atoms with Crippen molar-refractivity contribution in [3.8, 4) is 17.2 Å². The molecule has 0 unspecified atom stereocenters. The summed E-state index contributed by atoms with van der Waals surface area (Å²) < 4.78 is 5.24. The Morgan fingerprint density at radius 2 is 2.04 bits per heavy atom. The number of allylic oxidation sites excluding steroid dienone is 1. The first-order valence-corrected chi connectivity index (χ1v) is 8.99. The number of anilines is 1. The Hall–Kier alpha value is -2.21. The predicted molar refractivity (Wildman–Crippen MR) is 103 cm³/mol. The van der Waals surface area contributed by atoms with Gasteiger partial charge in [0.2, 0.25) is 0 Å². The van der Waals surface area contributed by atoms with E-state index in [4.69, 9.17) is 4.74 Å². The van der Waals surface area contributed by atoms with Crippen molar-refractivity contribution in [2.75, 3.05) is 12.4 Å². The summed E-state index contributed by atoms with van der Waals surface area (Å²) in [4.78, 5) is 12.1. The Kier molecular flexibility index (Phi) is 8.45. The first-order chi connectivity index (χ1) is 12.2. The molecule has 1 aromatic rings. The number of hydrogen-bond donors (Lipinski definition) is 4. The fourth-order valence-electron chi connectivity index (χ4n) is 2.91. The summed E-state index contributed by atoms with van der Waals surface area (Å²) >= 11 is 0. The molecule has 2 atom stereocenters. The van der Waals surface area contributed by atoms with Gasteiger partial charge in [-0.2, -0.15) is 0 Å². The first-order valence-electron chi connectivity index (χ1n) is 8.99. The van der Waals surface area contributed by atoms with Crippen LogP contribution in [0.5, 0.6) is 17.2 Å². The fourth-order valence-corrected chi connectivity index (χ4v) is 2.91. The molecule has 146 valence electrons. The summed E-state index contributed by atoms with van der Waals surface area (Å²) in [7, 11) is 1.41. The van der Waals surface area contributed by atoms with Gasteiger partial charge in [0.1, 0.15) is 5.75 Å². The standard InChI is InChI=1S/C20H31NO5/c1-6-8-14(22)9-12(3)10-15-18(24)16(11-17(23)19(15)26-5)21-20(25)13(4)7-2/h7,11-12,14,22-24H,6,8-10H2,1-5H3,(H,21,25)/b13-7+/t12-,14+/m0/s1. The van der Waals surface area contributed by atoms with Crippen LogP contribution in [0.4, 0.5) is 5.69 Å². The fraction of sp³-hybridized carbons (Fsp3) is 0.550. The topological polar surface area (TPSA) is 99.0 Å². The third kappa shape index (κ3) is 5.66. The predicted octanol–water partition coefficient (Wildman–Crippen LogP) is 3.74. The molecule has 0 aromatic heterocycles. The molecule has 1 amide bonds. The van der Waals surface area contributed by atoms with Crippen LogP contribution in [0.1, 0.15) is 52.5 Å². The monoisotopic (exact) mass is 365 g/mol. The second kappa shape index (κ2) is 10.1. The molecule has 6 heteroatoms. The lowest BCUT2D eigenvalue weighted by molar-refractivity contribution is -0.112. The van der Waals surface area contributed by atoms with E-state index < -0.39 is 6.10 Å². The van der Waals surface area contributed by atoms with Gasteiger partial charge in [-0.25, -0.2) is 0 Å². The van der Waals surface area contributed by atoms with E-state index >= 15 is 0 Å². The maximum absolute atomic E-state index is 12.1. The quantitative estimate of drug-likeness (QED) is 0.303.